The standard InChI is InChI=1S/C11H13BF3O/c13-12(14,15)10-5-2-6-11(7-10)16-8-9-3-1-4-9/h2,5-7,9H,1,3-4,8H2/q-1. The van der Waals surface area contributed by atoms with Crippen LogP contribution in [0.2, 0.25) is 0 Å². The van der Waals surface area contributed by atoms with E-state index in [1.165, 1.54) is 12.5 Å². The molecule has 88 valence electrons. The molecule has 0 aliphatic heterocycles. The maximum Gasteiger partial charge on any atom is 0.509 e. The molecule has 1 aromatic rings. The summed E-state index contributed by atoms with van der Waals surface area (Å²) in [5, 5.41) is 0. The van der Waals surface area contributed by atoms with Gasteiger partial charge in [-0.15, -0.1) is 5.46 Å². The van der Waals surface area contributed by atoms with E-state index in [0.717, 1.165) is 25.0 Å². The van der Waals surface area contributed by atoms with Crippen molar-refractivity contribution in [2.45, 2.75) is 19.3 Å². The van der Waals surface area contributed by atoms with Gasteiger partial charge in [-0.1, -0.05) is 18.6 Å². The van der Waals surface area contributed by atoms with Crippen molar-refractivity contribution >= 4 is 12.4 Å². The molecule has 0 N–H and O–H groups in total. The van der Waals surface area contributed by atoms with Crippen molar-refractivity contribution in [3.8, 4) is 5.75 Å². The Morgan fingerprint density at radius 2 is 2.00 bits per heavy atom. The Morgan fingerprint density at radius 1 is 1.25 bits per heavy atom. The Morgan fingerprint density at radius 3 is 2.56 bits per heavy atom. The molecule has 0 aromatic heterocycles. The zero-order valence-electron chi connectivity index (χ0n) is 8.83. The lowest BCUT2D eigenvalue weighted by molar-refractivity contribution is 0.180. The fraction of sp³-hybridized carbons (Fsp3) is 0.455. The molecule has 0 bridgehead atoms. The van der Waals surface area contributed by atoms with Crippen LogP contribution in [0.5, 0.6) is 5.75 Å². The smallest absolute Gasteiger partial charge is 0.493 e. The van der Waals surface area contributed by atoms with Crippen LogP contribution >= 0.6 is 0 Å². The van der Waals surface area contributed by atoms with Gasteiger partial charge in [0.1, 0.15) is 5.75 Å². The summed E-state index contributed by atoms with van der Waals surface area (Å²) in [4.78, 5) is 0. The van der Waals surface area contributed by atoms with Crippen LogP contribution in [0.3, 0.4) is 0 Å². The quantitative estimate of drug-likeness (QED) is 0.721. The van der Waals surface area contributed by atoms with Crippen LogP contribution in [-0.2, 0) is 0 Å². The van der Waals surface area contributed by atoms with Gasteiger partial charge in [0.05, 0.1) is 6.61 Å². The monoisotopic (exact) mass is 229 g/mol. The van der Waals surface area contributed by atoms with Gasteiger partial charge >= 0.3 is 6.98 Å². The predicted molar refractivity (Wildman–Crippen MR) is 58.0 cm³/mol. The Hall–Kier alpha value is -1.13. The summed E-state index contributed by atoms with van der Waals surface area (Å²) in [5.74, 6) is 0.851. The number of benzene rings is 1. The highest BCUT2D eigenvalue weighted by Crippen LogP contribution is 2.27. The Labute approximate surface area is 92.7 Å². The lowest BCUT2D eigenvalue weighted by Gasteiger charge is -2.25. The molecular weight excluding hydrogens is 216 g/mol. The van der Waals surface area contributed by atoms with E-state index < -0.39 is 12.4 Å². The lowest BCUT2D eigenvalue weighted by Crippen LogP contribution is -2.33. The molecule has 1 saturated carbocycles. The summed E-state index contributed by atoms with van der Waals surface area (Å²) in [6.45, 7) is -4.39. The van der Waals surface area contributed by atoms with Gasteiger partial charge < -0.3 is 17.7 Å². The second-order valence-corrected chi connectivity index (χ2v) is 4.26. The van der Waals surface area contributed by atoms with E-state index in [-0.39, 0.29) is 0 Å². The normalized spacial score (nSPS) is 16.9. The van der Waals surface area contributed by atoms with Crippen molar-refractivity contribution in [2.24, 2.45) is 5.92 Å². The number of hydrogen-bond acceptors (Lipinski definition) is 1. The van der Waals surface area contributed by atoms with Crippen LogP contribution in [0.1, 0.15) is 19.3 Å². The summed E-state index contributed by atoms with van der Waals surface area (Å²) in [6, 6.07) is 5.12. The molecule has 0 atom stereocenters. The number of ether oxygens (including phenoxy) is 1. The molecular formula is C11H13BF3O-. The highest BCUT2D eigenvalue weighted by atomic mass is 19.4. The van der Waals surface area contributed by atoms with Crippen LogP contribution in [-0.4, -0.2) is 13.6 Å². The van der Waals surface area contributed by atoms with Crippen molar-refractivity contribution in [3.05, 3.63) is 24.3 Å². The maximum absolute atomic E-state index is 12.5. The minimum atomic E-state index is -4.93. The third kappa shape index (κ3) is 2.71. The van der Waals surface area contributed by atoms with Gasteiger partial charge in [0.2, 0.25) is 0 Å². The molecule has 5 heteroatoms. The summed E-state index contributed by atoms with van der Waals surface area (Å²) < 4.78 is 42.7. The van der Waals surface area contributed by atoms with E-state index in [4.69, 9.17) is 4.74 Å². The molecule has 0 amide bonds. The molecule has 0 radical (unpaired) electrons. The van der Waals surface area contributed by atoms with Crippen molar-refractivity contribution in [1.82, 2.24) is 0 Å². The van der Waals surface area contributed by atoms with E-state index in [9.17, 15) is 12.9 Å². The zero-order chi connectivity index (χ0) is 11.6. The molecule has 1 aliphatic rings. The first kappa shape index (κ1) is 11.4. The van der Waals surface area contributed by atoms with Gasteiger partial charge in [-0.05, 0) is 30.9 Å². The van der Waals surface area contributed by atoms with Gasteiger partial charge in [0, 0.05) is 0 Å². The van der Waals surface area contributed by atoms with E-state index >= 15 is 0 Å². The second kappa shape index (κ2) is 4.40. The van der Waals surface area contributed by atoms with Crippen LogP contribution in [0, 0.1) is 5.92 Å². The lowest BCUT2D eigenvalue weighted by atomic mass is 9.80. The fourth-order valence-electron chi connectivity index (χ4n) is 1.68. The minimum Gasteiger partial charge on any atom is -0.493 e. The number of hydrogen-bond donors (Lipinski definition) is 0. The molecule has 0 spiro atoms. The molecule has 1 aromatic carbocycles. The highest BCUT2D eigenvalue weighted by molar-refractivity contribution is 6.73. The summed E-state index contributed by atoms with van der Waals surface area (Å²) >= 11 is 0. The predicted octanol–water partition coefficient (Wildman–Crippen LogP) is 2.92. The van der Waals surface area contributed by atoms with Gasteiger partial charge in [-0.25, -0.2) is 0 Å². The average molecular weight is 229 g/mol. The zero-order valence-corrected chi connectivity index (χ0v) is 8.83. The molecule has 1 nitrogen and oxygen atoms in total. The fourth-order valence-corrected chi connectivity index (χ4v) is 1.68. The maximum atomic E-state index is 12.5. The molecule has 2 rings (SSSR count). The largest absolute Gasteiger partial charge is 0.509 e. The third-order valence-electron chi connectivity index (χ3n) is 2.95. The highest BCUT2D eigenvalue weighted by Gasteiger charge is 2.25. The van der Waals surface area contributed by atoms with Crippen LogP contribution in [0.15, 0.2) is 24.3 Å². The summed E-state index contributed by atoms with van der Waals surface area (Å²) in [6.07, 6.45) is 3.46. The van der Waals surface area contributed by atoms with Gasteiger partial charge in [-0.3, -0.25) is 0 Å². The van der Waals surface area contributed by atoms with Gasteiger partial charge in [-0.2, -0.15) is 0 Å². The summed E-state index contributed by atoms with van der Waals surface area (Å²) in [7, 11) is 0. The van der Waals surface area contributed by atoms with Crippen molar-refractivity contribution in [2.75, 3.05) is 6.61 Å². The molecule has 1 fully saturated rings. The van der Waals surface area contributed by atoms with Crippen LogP contribution in [0.4, 0.5) is 12.9 Å². The van der Waals surface area contributed by atoms with Crippen LogP contribution < -0.4 is 10.2 Å². The molecule has 0 heterocycles. The molecule has 0 unspecified atom stereocenters. The van der Waals surface area contributed by atoms with Gasteiger partial charge in [0.25, 0.3) is 0 Å². The minimum absolute atomic E-state index is 0.323. The van der Waals surface area contributed by atoms with Crippen molar-refractivity contribution in [3.63, 3.8) is 0 Å². The number of halogens is 3. The van der Waals surface area contributed by atoms with E-state index in [2.05, 4.69) is 0 Å². The SMILES string of the molecule is F[B-](F)(F)c1cccc(OCC2CCC2)c1. The first-order valence-corrected chi connectivity index (χ1v) is 5.48. The molecule has 1 aliphatic carbocycles. The summed E-state index contributed by atoms with van der Waals surface area (Å²) in [5.41, 5.74) is -0.592. The average Bonchev–Trinajstić information content (AvgIpc) is 2.14. The van der Waals surface area contributed by atoms with Crippen molar-refractivity contribution in [1.29, 1.82) is 0 Å². The topological polar surface area (TPSA) is 9.23 Å². The number of rotatable bonds is 4. The molecule has 0 saturated heterocycles. The first-order valence-electron chi connectivity index (χ1n) is 5.48. The van der Waals surface area contributed by atoms with Crippen LogP contribution in [0.25, 0.3) is 0 Å². The third-order valence-corrected chi connectivity index (χ3v) is 2.95. The van der Waals surface area contributed by atoms with E-state index in [1.54, 1.807) is 6.07 Å². The van der Waals surface area contributed by atoms with E-state index in [1.807, 2.05) is 0 Å². The Kier molecular flexibility index (Phi) is 3.12. The second-order valence-electron chi connectivity index (χ2n) is 4.26. The van der Waals surface area contributed by atoms with Crippen molar-refractivity contribution < 1.29 is 17.7 Å². The van der Waals surface area contributed by atoms with E-state index in [0.29, 0.717) is 18.3 Å². The Bertz CT molecular complexity index is 360. The van der Waals surface area contributed by atoms with Gasteiger partial charge in [0.15, 0.2) is 0 Å². The Balaban J connectivity index is 1.98. The molecule has 16 heavy (non-hydrogen) atoms. The first-order chi connectivity index (χ1) is 7.55.